The van der Waals surface area contributed by atoms with Crippen LogP contribution in [0.3, 0.4) is 0 Å². The average Bonchev–Trinajstić information content (AvgIpc) is 2.38. The third-order valence-corrected chi connectivity index (χ3v) is 3.45. The van der Waals surface area contributed by atoms with Crippen LogP contribution in [0.5, 0.6) is 0 Å². The number of piperazine rings is 1. The Balaban J connectivity index is 2.49. The molecule has 1 saturated heterocycles. The molecular formula is C13H25N3O3. The normalized spacial score (nSPS) is 19.2. The van der Waals surface area contributed by atoms with Crippen molar-refractivity contribution in [3.05, 3.63) is 0 Å². The van der Waals surface area contributed by atoms with Crippen LogP contribution in [0.25, 0.3) is 0 Å². The molecule has 1 aliphatic heterocycles. The van der Waals surface area contributed by atoms with Gasteiger partial charge in [-0.05, 0) is 13.3 Å². The van der Waals surface area contributed by atoms with E-state index in [2.05, 4.69) is 0 Å². The van der Waals surface area contributed by atoms with Crippen molar-refractivity contribution in [2.75, 3.05) is 39.9 Å². The van der Waals surface area contributed by atoms with E-state index in [-0.39, 0.29) is 18.4 Å². The number of carbonyl (C=O) groups excluding carboxylic acids is 2. The number of ether oxygens (including phenoxy) is 1. The van der Waals surface area contributed by atoms with E-state index >= 15 is 0 Å². The molecular weight excluding hydrogens is 246 g/mol. The van der Waals surface area contributed by atoms with Gasteiger partial charge in [-0.3, -0.25) is 9.59 Å². The minimum atomic E-state index is -0.798. The van der Waals surface area contributed by atoms with Gasteiger partial charge in [-0.15, -0.1) is 0 Å². The predicted molar refractivity (Wildman–Crippen MR) is 72.5 cm³/mol. The maximum atomic E-state index is 12.3. The fraction of sp³-hybridized carbons (Fsp3) is 0.846. The molecule has 110 valence electrons. The van der Waals surface area contributed by atoms with Crippen molar-refractivity contribution in [3.8, 4) is 0 Å². The molecule has 6 nitrogen and oxygen atoms in total. The number of rotatable bonds is 5. The number of amides is 2. The van der Waals surface area contributed by atoms with Crippen molar-refractivity contribution < 1.29 is 14.3 Å². The minimum Gasteiger partial charge on any atom is -0.375 e. The zero-order valence-corrected chi connectivity index (χ0v) is 12.1. The molecule has 2 N–H and O–H groups in total. The fourth-order valence-corrected chi connectivity index (χ4v) is 2.36. The summed E-state index contributed by atoms with van der Waals surface area (Å²) in [4.78, 5) is 27.4. The molecule has 0 saturated carbocycles. The Morgan fingerprint density at radius 2 is 1.74 bits per heavy atom. The third kappa shape index (κ3) is 4.18. The van der Waals surface area contributed by atoms with E-state index in [1.807, 2.05) is 6.92 Å². The average molecular weight is 271 g/mol. The molecule has 19 heavy (non-hydrogen) atoms. The third-order valence-electron chi connectivity index (χ3n) is 3.45. The summed E-state index contributed by atoms with van der Waals surface area (Å²) in [5.74, 6) is -0.0492. The number of nitrogens with two attached hydrogens (primary N) is 1. The molecule has 1 aliphatic rings. The summed E-state index contributed by atoms with van der Waals surface area (Å²) in [7, 11) is 1.50. The summed E-state index contributed by atoms with van der Waals surface area (Å²) in [5, 5.41) is 0. The van der Waals surface area contributed by atoms with Crippen molar-refractivity contribution in [1.29, 1.82) is 0 Å². The van der Waals surface area contributed by atoms with E-state index < -0.39 is 5.54 Å². The standard InChI is InChI=1S/C13H25N3O3/c1-4-5-13(2,14)12(18)16-8-6-15(7-9-16)11(17)10-19-3/h4-10,14H2,1-3H3. The van der Waals surface area contributed by atoms with E-state index in [1.165, 1.54) is 7.11 Å². The highest BCUT2D eigenvalue weighted by Gasteiger charge is 2.33. The van der Waals surface area contributed by atoms with Crippen LogP contribution in [0.15, 0.2) is 0 Å². The first-order valence-electron chi connectivity index (χ1n) is 6.77. The Bertz CT molecular complexity index is 323. The number of carbonyl (C=O) groups is 2. The lowest BCUT2D eigenvalue weighted by atomic mass is 9.95. The Labute approximate surface area is 114 Å². The molecule has 0 aromatic heterocycles. The van der Waals surface area contributed by atoms with Crippen LogP contribution in [-0.4, -0.2) is 67.0 Å². The van der Waals surface area contributed by atoms with Crippen LogP contribution in [0.2, 0.25) is 0 Å². The lowest BCUT2D eigenvalue weighted by Gasteiger charge is -2.38. The number of nitrogens with zero attached hydrogens (tertiary/aromatic N) is 2. The van der Waals surface area contributed by atoms with Gasteiger partial charge in [0.1, 0.15) is 6.61 Å². The molecule has 6 heteroatoms. The van der Waals surface area contributed by atoms with Crippen molar-refractivity contribution in [2.24, 2.45) is 5.73 Å². The molecule has 1 unspecified atom stereocenters. The van der Waals surface area contributed by atoms with E-state index in [9.17, 15) is 9.59 Å². The molecule has 1 rings (SSSR count). The zero-order chi connectivity index (χ0) is 14.5. The quantitative estimate of drug-likeness (QED) is 0.752. The lowest BCUT2D eigenvalue weighted by molar-refractivity contribution is -0.144. The van der Waals surface area contributed by atoms with Gasteiger partial charge in [0.2, 0.25) is 11.8 Å². The monoisotopic (exact) mass is 271 g/mol. The maximum Gasteiger partial charge on any atom is 0.248 e. The van der Waals surface area contributed by atoms with Crippen LogP contribution in [-0.2, 0) is 14.3 Å². The fourth-order valence-electron chi connectivity index (χ4n) is 2.36. The summed E-state index contributed by atoms with van der Waals surface area (Å²) in [6.45, 7) is 6.08. The van der Waals surface area contributed by atoms with Crippen molar-refractivity contribution in [2.45, 2.75) is 32.2 Å². The van der Waals surface area contributed by atoms with Crippen molar-refractivity contribution >= 4 is 11.8 Å². The Kier molecular flexibility index (Phi) is 5.75. The first kappa shape index (κ1) is 15.9. The second-order valence-corrected chi connectivity index (χ2v) is 5.27. The largest absolute Gasteiger partial charge is 0.375 e. The highest BCUT2D eigenvalue weighted by Crippen LogP contribution is 2.14. The smallest absolute Gasteiger partial charge is 0.248 e. The van der Waals surface area contributed by atoms with Crippen LogP contribution in [0.4, 0.5) is 0 Å². The van der Waals surface area contributed by atoms with Crippen molar-refractivity contribution in [3.63, 3.8) is 0 Å². The van der Waals surface area contributed by atoms with Gasteiger partial charge in [0.25, 0.3) is 0 Å². The summed E-state index contributed by atoms with van der Waals surface area (Å²) >= 11 is 0. The molecule has 1 atom stereocenters. The molecule has 1 fully saturated rings. The second kappa shape index (κ2) is 6.86. The molecule has 0 spiro atoms. The maximum absolute atomic E-state index is 12.3. The molecule has 2 amide bonds. The summed E-state index contributed by atoms with van der Waals surface area (Å²) < 4.78 is 4.83. The second-order valence-electron chi connectivity index (χ2n) is 5.27. The highest BCUT2D eigenvalue weighted by molar-refractivity contribution is 5.86. The van der Waals surface area contributed by atoms with E-state index in [4.69, 9.17) is 10.5 Å². The summed E-state index contributed by atoms with van der Waals surface area (Å²) in [6, 6.07) is 0. The minimum absolute atomic E-state index is 0.0202. The lowest BCUT2D eigenvalue weighted by Crippen LogP contribution is -2.59. The van der Waals surface area contributed by atoms with Gasteiger partial charge >= 0.3 is 0 Å². The summed E-state index contributed by atoms with van der Waals surface area (Å²) in [6.07, 6.45) is 1.56. The Morgan fingerprint density at radius 3 is 2.21 bits per heavy atom. The van der Waals surface area contributed by atoms with Gasteiger partial charge in [0, 0.05) is 33.3 Å². The van der Waals surface area contributed by atoms with Crippen molar-refractivity contribution in [1.82, 2.24) is 9.80 Å². The number of methoxy groups -OCH3 is 1. The van der Waals surface area contributed by atoms with E-state index in [0.717, 1.165) is 6.42 Å². The Morgan fingerprint density at radius 1 is 1.21 bits per heavy atom. The van der Waals surface area contributed by atoms with Gasteiger partial charge in [-0.1, -0.05) is 13.3 Å². The van der Waals surface area contributed by atoms with E-state index in [1.54, 1.807) is 16.7 Å². The topological polar surface area (TPSA) is 75.9 Å². The van der Waals surface area contributed by atoms with Crippen LogP contribution < -0.4 is 5.73 Å². The molecule has 0 aromatic rings. The van der Waals surface area contributed by atoms with Gasteiger partial charge < -0.3 is 20.3 Å². The predicted octanol–water partition coefficient (Wildman–Crippen LogP) is -0.179. The van der Waals surface area contributed by atoms with Crippen LogP contribution >= 0.6 is 0 Å². The van der Waals surface area contributed by atoms with Crippen LogP contribution in [0.1, 0.15) is 26.7 Å². The van der Waals surface area contributed by atoms with Gasteiger partial charge in [0.05, 0.1) is 5.54 Å². The van der Waals surface area contributed by atoms with Gasteiger partial charge in [0.15, 0.2) is 0 Å². The number of hydrogen-bond donors (Lipinski definition) is 1. The van der Waals surface area contributed by atoms with Gasteiger partial charge in [-0.2, -0.15) is 0 Å². The Hall–Kier alpha value is -1.14. The van der Waals surface area contributed by atoms with Gasteiger partial charge in [-0.25, -0.2) is 0 Å². The zero-order valence-electron chi connectivity index (χ0n) is 12.1. The van der Waals surface area contributed by atoms with E-state index in [0.29, 0.717) is 32.6 Å². The molecule has 0 aromatic carbocycles. The molecule has 0 radical (unpaired) electrons. The first-order chi connectivity index (χ1) is 8.92. The molecule has 1 heterocycles. The first-order valence-corrected chi connectivity index (χ1v) is 6.77. The number of hydrogen-bond acceptors (Lipinski definition) is 4. The molecule has 0 aliphatic carbocycles. The summed E-state index contributed by atoms with van der Waals surface area (Å²) in [5.41, 5.74) is 5.25. The highest BCUT2D eigenvalue weighted by atomic mass is 16.5. The SMILES string of the molecule is CCCC(C)(N)C(=O)N1CCN(C(=O)COC)CC1. The van der Waals surface area contributed by atoms with Crippen LogP contribution in [0, 0.1) is 0 Å². The molecule has 0 bridgehead atoms.